The Kier molecular flexibility index (Phi) is 4.94. The SMILES string of the molecule is CNC1C(CN(C)C2CCC(C)CC2)CCC1(C)C. The maximum absolute atomic E-state index is 3.59. The van der Waals surface area contributed by atoms with Crippen LogP contribution in [-0.4, -0.2) is 37.6 Å². The van der Waals surface area contributed by atoms with Crippen LogP contribution in [0, 0.1) is 17.3 Å². The van der Waals surface area contributed by atoms with Gasteiger partial charge in [0.15, 0.2) is 0 Å². The first-order valence-electron chi connectivity index (χ1n) is 8.31. The summed E-state index contributed by atoms with van der Waals surface area (Å²) in [7, 11) is 4.51. The minimum absolute atomic E-state index is 0.474. The normalized spacial score (nSPS) is 38.8. The van der Waals surface area contributed by atoms with Crippen LogP contribution in [0.2, 0.25) is 0 Å². The molecule has 2 fully saturated rings. The smallest absolute Gasteiger partial charge is 0.0156 e. The van der Waals surface area contributed by atoms with Gasteiger partial charge in [-0.2, -0.15) is 0 Å². The van der Waals surface area contributed by atoms with Crippen molar-refractivity contribution in [3.05, 3.63) is 0 Å². The highest BCUT2D eigenvalue weighted by Gasteiger charge is 2.41. The molecular weight excluding hydrogens is 232 g/mol. The lowest BCUT2D eigenvalue weighted by molar-refractivity contribution is 0.134. The maximum atomic E-state index is 3.59. The average Bonchev–Trinajstić information content (AvgIpc) is 2.64. The third-order valence-electron chi connectivity index (χ3n) is 5.92. The first-order chi connectivity index (χ1) is 8.94. The van der Waals surface area contributed by atoms with Gasteiger partial charge in [-0.25, -0.2) is 0 Å². The third-order valence-corrected chi connectivity index (χ3v) is 5.92. The van der Waals surface area contributed by atoms with Crippen molar-refractivity contribution in [3.8, 4) is 0 Å². The van der Waals surface area contributed by atoms with Gasteiger partial charge < -0.3 is 10.2 Å². The van der Waals surface area contributed by atoms with E-state index in [-0.39, 0.29) is 0 Å². The van der Waals surface area contributed by atoms with E-state index in [4.69, 9.17) is 0 Å². The molecule has 2 unspecified atom stereocenters. The van der Waals surface area contributed by atoms with E-state index in [0.717, 1.165) is 17.9 Å². The second kappa shape index (κ2) is 6.13. The van der Waals surface area contributed by atoms with Crippen molar-refractivity contribution in [1.29, 1.82) is 0 Å². The Bertz CT molecular complexity index is 279. The van der Waals surface area contributed by atoms with E-state index in [0.29, 0.717) is 11.5 Å². The van der Waals surface area contributed by atoms with Crippen molar-refractivity contribution >= 4 is 0 Å². The third kappa shape index (κ3) is 3.52. The maximum Gasteiger partial charge on any atom is 0.0156 e. The summed E-state index contributed by atoms with van der Waals surface area (Å²) >= 11 is 0. The van der Waals surface area contributed by atoms with E-state index in [1.165, 1.54) is 45.1 Å². The minimum Gasteiger partial charge on any atom is -0.316 e. The van der Waals surface area contributed by atoms with Gasteiger partial charge in [0, 0.05) is 18.6 Å². The van der Waals surface area contributed by atoms with E-state index in [2.05, 4.69) is 45.1 Å². The Morgan fingerprint density at radius 3 is 2.32 bits per heavy atom. The van der Waals surface area contributed by atoms with E-state index >= 15 is 0 Å². The molecule has 0 spiro atoms. The van der Waals surface area contributed by atoms with Gasteiger partial charge in [0.05, 0.1) is 0 Å². The average molecular weight is 266 g/mol. The monoisotopic (exact) mass is 266 g/mol. The molecule has 2 aliphatic carbocycles. The van der Waals surface area contributed by atoms with E-state index in [1.54, 1.807) is 0 Å². The van der Waals surface area contributed by atoms with E-state index < -0.39 is 0 Å². The van der Waals surface area contributed by atoms with Crippen LogP contribution in [0.1, 0.15) is 59.3 Å². The Labute approximate surface area is 120 Å². The molecule has 112 valence electrons. The van der Waals surface area contributed by atoms with Gasteiger partial charge in [0.1, 0.15) is 0 Å². The zero-order chi connectivity index (χ0) is 14.0. The van der Waals surface area contributed by atoms with Crippen LogP contribution in [-0.2, 0) is 0 Å². The molecule has 1 N–H and O–H groups in total. The fraction of sp³-hybridized carbons (Fsp3) is 1.00. The standard InChI is InChI=1S/C17H34N2/c1-13-6-8-15(9-7-13)19(5)12-14-10-11-17(2,3)16(14)18-4/h13-16,18H,6-12H2,1-5H3. The van der Waals surface area contributed by atoms with Gasteiger partial charge >= 0.3 is 0 Å². The van der Waals surface area contributed by atoms with Gasteiger partial charge in [0.2, 0.25) is 0 Å². The number of nitrogens with one attached hydrogen (secondary N) is 1. The highest BCUT2D eigenvalue weighted by atomic mass is 15.1. The molecule has 2 heteroatoms. The van der Waals surface area contributed by atoms with Crippen LogP contribution in [0.3, 0.4) is 0 Å². The Balaban J connectivity index is 1.87. The van der Waals surface area contributed by atoms with Crippen LogP contribution >= 0.6 is 0 Å². The van der Waals surface area contributed by atoms with Crippen molar-refractivity contribution in [2.45, 2.75) is 71.4 Å². The second-order valence-corrected chi connectivity index (χ2v) is 7.91. The van der Waals surface area contributed by atoms with E-state index in [1.807, 2.05) is 0 Å². The molecule has 2 rings (SSSR count). The predicted octanol–water partition coefficient (Wildman–Crippen LogP) is 3.52. The van der Waals surface area contributed by atoms with Crippen LogP contribution in [0.5, 0.6) is 0 Å². The van der Waals surface area contributed by atoms with Gasteiger partial charge in [-0.15, -0.1) is 0 Å². The first kappa shape index (κ1) is 15.3. The van der Waals surface area contributed by atoms with Crippen molar-refractivity contribution in [3.63, 3.8) is 0 Å². The molecule has 0 aromatic rings. The van der Waals surface area contributed by atoms with Gasteiger partial charge in [0.25, 0.3) is 0 Å². The minimum atomic E-state index is 0.474. The molecule has 2 saturated carbocycles. The number of hydrogen-bond acceptors (Lipinski definition) is 2. The lowest BCUT2D eigenvalue weighted by atomic mass is 9.84. The second-order valence-electron chi connectivity index (χ2n) is 7.91. The molecule has 0 aromatic heterocycles. The summed E-state index contributed by atoms with van der Waals surface area (Å²) in [4.78, 5) is 2.67. The molecule has 0 heterocycles. The van der Waals surface area contributed by atoms with Crippen molar-refractivity contribution < 1.29 is 0 Å². The van der Waals surface area contributed by atoms with Gasteiger partial charge in [-0.3, -0.25) is 0 Å². The van der Waals surface area contributed by atoms with Gasteiger partial charge in [-0.1, -0.05) is 20.8 Å². The van der Waals surface area contributed by atoms with Crippen LogP contribution < -0.4 is 5.32 Å². The summed E-state index contributed by atoms with van der Waals surface area (Å²) in [6.07, 6.45) is 8.46. The molecule has 0 aromatic carbocycles. The molecule has 19 heavy (non-hydrogen) atoms. The summed E-state index contributed by atoms with van der Waals surface area (Å²) in [5.41, 5.74) is 0.474. The fourth-order valence-corrected chi connectivity index (χ4v) is 4.54. The molecule has 2 nitrogen and oxygen atoms in total. The lowest BCUT2D eigenvalue weighted by Crippen LogP contribution is -2.45. The molecule has 0 aliphatic heterocycles. The largest absolute Gasteiger partial charge is 0.316 e. The first-order valence-corrected chi connectivity index (χ1v) is 8.31. The molecule has 0 radical (unpaired) electrons. The predicted molar refractivity (Wildman–Crippen MR) is 83.4 cm³/mol. The summed E-state index contributed by atoms with van der Waals surface area (Å²) in [5, 5.41) is 3.59. The zero-order valence-electron chi connectivity index (χ0n) is 13.7. The Morgan fingerprint density at radius 2 is 1.74 bits per heavy atom. The molecular formula is C17H34N2. The number of rotatable bonds is 4. The number of hydrogen-bond donors (Lipinski definition) is 1. The van der Waals surface area contributed by atoms with Crippen LogP contribution in [0.25, 0.3) is 0 Å². The van der Waals surface area contributed by atoms with Crippen molar-refractivity contribution in [2.24, 2.45) is 17.3 Å². The van der Waals surface area contributed by atoms with Crippen molar-refractivity contribution in [1.82, 2.24) is 10.2 Å². The summed E-state index contributed by atoms with van der Waals surface area (Å²) < 4.78 is 0. The Morgan fingerprint density at radius 1 is 1.11 bits per heavy atom. The topological polar surface area (TPSA) is 15.3 Å². The quantitative estimate of drug-likeness (QED) is 0.837. The van der Waals surface area contributed by atoms with Crippen LogP contribution in [0.15, 0.2) is 0 Å². The fourth-order valence-electron chi connectivity index (χ4n) is 4.54. The molecule has 0 saturated heterocycles. The highest BCUT2D eigenvalue weighted by molar-refractivity contribution is 4.96. The molecule has 0 amide bonds. The molecule has 2 atom stereocenters. The highest BCUT2D eigenvalue weighted by Crippen LogP contribution is 2.41. The molecule has 0 bridgehead atoms. The Hall–Kier alpha value is -0.0800. The summed E-state index contributed by atoms with van der Waals surface area (Å²) in [6, 6.07) is 1.54. The molecule has 2 aliphatic rings. The lowest BCUT2D eigenvalue weighted by Gasteiger charge is -2.37. The van der Waals surface area contributed by atoms with Crippen molar-refractivity contribution in [2.75, 3.05) is 20.6 Å². The summed E-state index contributed by atoms with van der Waals surface area (Å²) in [5.74, 6) is 1.80. The van der Waals surface area contributed by atoms with Gasteiger partial charge in [-0.05, 0) is 69.9 Å². The number of nitrogens with zero attached hydrogens (tertiary/aromatic N) is 1. The van der Waals surface area contributed by atoms with E-state index in [9.17, 15) is 0 Å². The summed E-state index contributed by atoms with van der Waals surface area (Å²) in [6.45, 7) is 8.55. The zero-order valence-corrected chi connectivity index (χ0v) is 13.7. The van der Waals surface area contributed by atoms with Crippen LogP contribution in [0.4, 0.5) is 0 Å².